The van der Waals surface area contributed by atoms with E-state index in [0.29, 0.717) is 18.2 Å². The average molecular weight is 249 g/mol. The van der Waals surface area contributed by atoms with Gasteiger partial charge in [-0.25, -0.2) is 0 Å². The van der Waals surface area contributed by atoms with Crippen molar-refractivity contribution in [3.8, 4) is 0 Å². The van der Waals surface area contributed by atoms with E-state index in [-0.39, 0.29) is 5.91 Å². The number of ether oxygens (including phenoxy) is 1. The van der Waals surface area contributed by atoms with Gasteiger partial charge in [-0.15, -0.1) is 0 Å². The molecule has 5 heteroatoms. The van der Waals surface area contributed by atoms with E-state index in [1.807, 2.05) is 13.1 Å². The van der Waals surface area contributed by atoms with E-state index in [0.717, 1.165) is 31.7 Å². The SMILES string of the molecule is CNc1ccnc(C(=O)NCC2CCCOC2)c1. The Hall–Kier alpha value is -1.62. The van der Waals surface area contributed by atoms with Crippen molar-refractivity contribution in [1.29, 1.82) is 0 Å². The highest BCUT2D eigenvalue weighted by atomic mass is 16.5. The summed E-state index contributed by atoms with van der Waals surface area (Å²) < 4.78 is 5.38. The highest BCUT2D eigenvalue weighted by molar-refractivity contribution is 5.93. The van der Waals surface area contributed by atoms with Gasteiger partial charge in [0.25, 0.3) is 5.91 Å². The fourth-order valence-corrected chi connectivity index (χ4v) is 2.01. The van der Waals surface area contributed by atoms with Gasteiger partial charge in [0.05, 0.1) is 6.61 Å². The van der Waals surface area contributed by atoms with Crippen molar-refractivity contribution in [2.75, 3.05) is 32.1 Å². The molecule has 0 spiro atoms. The van der Waals surface area contributed by atoms with E-state index in [4.69, 9.17) is 4.74 Å². The molecule has 2 N–H and O–H groups in total. The largest absolute Gasteiger partial charge is 0.388 e. The zero-order chi connectivity index (χ0) is 12.8. The number of rotatable bonds is 4. The summed E-state index contributed by atoms with van der Waals surface area (Å²) in [5, 5.41) is 5.90. The number of nitrogens with zero attached hydrogens (tertiary/aromatic N) is 1. The molecular formula is C13H19N3O2. The lowest BCUT2D eigenvalue weighted by Gasteiger charge is -2.22. The molecule has 1 aliphatic heterocycles. The van der Waals surface area contributed by atoms with Crippen LogP contribution in [0.1, 0.15) is 23.3 Å². The zero-order valence-corrected chi connectivity index (χ0v) is 10.6. The molecule has 98 valence electrons. The first-order valence-corrected chi connectivity index (χ1v) is 6.29. The van der Waals surface area contributed by atoms with E-state index in [2.05, 4.69) is 15.6 Å². The van der Waals surface area contributed by atoms with Gasteiger partial charge in [-0.1, -0.05) is 0 Å². The molecule has 0 aromatic carbocycles. The predicted octanol–water partition coefficient (Wildman–Crippen LogP) is 1.28. The predicted molar refractivity (Wildman–Crippen MR) is 69.7 cm³/mol. The molecule has 1 amide bonds. The van der Waals surface area contributed by atoms with Crippen molar-refractivity contribution < 1.29 is 9.53 Å². The maximum absolute atomic E-state index is 11.9. The van der Waals surface area contributed by atoms with Crippen molar-refractivity contribution in [3.05, 3.63) is 24.0 Å². The molecule has 1 aromatic heterocycles. The summed E-state index contributed by atoms with van der Waals surface area (Å²) >= 11 is 0. The minimum atomic E-state index is -0.127. The van der Waals surface area contributed by atoms with Gasteiger partial charge < -0.3 is 15.4 Å². The Bertz CT molecular complexity index is 403. The fourth-order valence-electron chi connectivity index (χ4n) is 2.01. The van der Waals surface area contributed by atoms with Crippen LogP contribution < -0.4 is 10.6 Å². The molecular weight excluding hydrogens is 230 g/mol. The standard InChI is InChI=1S/C13H19N3O2/c1-14-11-4-5-15-12(7-11)13(17)16-8-10-3-2-6-18-9-10/h4-5,7,10H,2-3,6,8-9H2,1H3,(H,14,15)(H,16,17). The number of anilines is 1. The number of amides is 1. The van der Waals surface area contributed by atoms with E-state index >= 15 is 0 Å². The fraction of sp³-hybridized carbons (Fsp3) is 0.538. The summed E-state index contributed by atoms with van der Waals surface area (Å²) in [6, 6.07) is 3.57. The number of hydrogen-bond donors (Lipinski definition) is 2. The van der Waals surface area contributed by atoms with Gasteiger partial charge in [-0.2, -0.15) is 0 Å². The van der Waals surface area contributed by atoms with Crippen molar-refractivity contribution >= 4 is 11.6 Å². The summed E-state index contributed by atoms with van der Waals surface area (Å²) in [6.07, 6.45) is 3.82. The second kappa shape index (κ2) is 6.35. The lowest BCUT2D eigenvalue weighted by molar-refractivity contribution is 0.0535. The monoisotopic (exact) mass is 249 g/mol. The Kier molecular flexibility index (Phi) is 4.52. The third-order valence-electron chi connectivity index (χ3n) is 3.09. The van der Waals surface area contributed by atoms with Crippen LogP contribution >= 0.6 is 0 Å². The van der Waals surface area contributed by atoms with Crippen LogP contribution in [-0.2, 0) is 4.74 Å². The molecule has 2 rings (SSSR count). The van der Waals surface area contributed by atoms with Crippen LogP contribution in [0.4, 0.5) is 5.69 Å². The van der Waals surface area contributed by atoms with Gasteiger partial charge >= 0.3 is 0 Å². The molecule has 1 fully saturated rings. The molecule has 1 saturated heterocycles. The Morgan fingerprint density at radius 1 is 1.61 bits per heavy atom. The number of hydrogen-bond acceptors (Lipinski definition) is 4. The maximum Gasteiger partial charge on any atom is 0.269 e. The van der Waals surface area contributed by atoms with Crippen LogP contribution in [0.3, 0.4) is 0 Å². The Balaban J connectivity index is 1.86. The van der Waals surface area contributed by atoms with E-state index in [1.165, 1.54) is 0 Å². The van der Waals surface area contributed by atoms with Crippen LogP contribution in [0.2, 0.25) is 0 Å². The van der Waals surface area contributed by atoms with Crippen LogP contribution in [0, 0.1) is 5.92 Å². The van der Waals surface area contributed by atoms with Gasteiger partial charge in [0.15, 0.2) is 0 Å². The Labute approximate surface area is 107 Å². The second-order valence-corrected chi connectivity index (χ2v) is 4.47. The van der Waals surface area contributed by atoms with E-state index < -0.39 is 0 Å². The third-order valence-corrected chi connectivity index (χ3v) is 3.09. The summed E-state index contributed by atoms with van der Waals surface area (Å²) in [4.78, 5) is 16.0. The van der Waals surface area contributed by atoms with Crippen molar-refractivity contribution in [2.45, 2.75) is 12.8 Å². The van der Waals surface area contributed by atoms with Crippen molar-refractivity contribution in [1.82, 2.24) is 10.3 Å². The van der Waals surface area contributed by atoms with Crippen LogP contribution in [0.5, 0.6) is 0 Å². The summed E-state index contributed by atoms with van der Waals surface area (Å²) in [5.41, 5.74) is 1.33. The molecule has 18 heavy (non-hydrogen) atoms. The normalized spacial score (nSPS) is 19.3. The molecule has 1 aromatic rings. The molecule has 0 saturated carbocycles. The van der Waals surface area contributed by atoms with Gasteiger partial charge in [-0.3, -0.25) is 9.78 Å². The third kappa shape index (κ3) is 3.43. The minimum Gasteiger partial charge on any atom is -0.388 e. The highest BCUT2D eigenvalue weighted by Crippen LogP contribution is 2.12. The van der Waals surface area contributed by atoms with Crippen LogP contribution in [0.25, 0.3) is 0 Å². The highest BCUT2D eigenvalue weighted by Gasteiger charge is 2.15. The lowest BCUT2D eigenvalue weighted by atomic mass is 10.0. The molecule has 0 aliphatic carbocycles. The second-order valence-electron chi connectivity index (χ2n) is 4.47. The maximum atomic E-state index is 11.9. The molecule has 1 unspecified atom stereocenters. The molecule has 5 nitrogen and oxygen atoms in total. The number of nitrogens with one attached hydrogen (secondary N) is 2. The summed E-state index contributed by atoms with van der Waals surface area (Å²) in [6.45, 7) is 2.24. The molecule has 1 aliphatic rings. The lowest BCUT2D eigenvalue weighted by Crippen LogP contribution is -2.33. The molecule has 0 bridgehead atoms. The minimum absolute atomic E-state index is 0.127. The quantitative estimate of drug-likeness (QED) is 0.843. The molecule has 1 atom stereocenters. The number of carbonyl (C=O) groups excluding carboxylic acids is 1. The van der Waals surface area contributed by atoms with Crippen molar-refractivity contribution in [2.24, 2.45) is 5.92 Å². The van der Waals surface area contributed by atoms with E-state index in [9.17, 15) is 4.79 Å². The topological polar surface area (TPSA) is 63.2 Å². The summed E-state index contributed by atoms with van der Waals surface area (Å²) in [5.74, 6) is 0.299. The van der Waals surface area contributed by atoms with Crippen molar-refractivity contribution in [3.63, 3.8) is 0 Å². The van der Waals surface area contributed by atoms with Gasteiger partial charge in [0.1, 0.15) is 5.69 Å². The number of aromatic nitrogens is 1. The zero-order valence-electron chi connectivity index (χ0n) is 10.6. The first kappa shape index (κ1) is 12.8. The average Bonchev–Trinajstić information content (AvgIpc) is 2.46. The molecule has 0 radical (unpaired) electrons. The Morgan fingerprint density at radius 3 is 3.22 bits per heavy atom. The van der Waals surface area contributed by atoms with Crippen LogP contribution in [0.15, 0.2) is 18.3 Å². The van der Waals surface area contributed by atoms with Crippen LogP contribution in [-0.4, -0.2) is 37.7 Å². The van der Waals surface area contributed by atoms with E-state index in [1.54, 1.807) is 12.3 Å². The molecule has 2 heterocycles. The Morgan fingerprint density at radius 2 is 2.50 bits per heavy atom. The van der Waals surface area contributed by atoms with Gasteiger partial charge in [-0.05, 0) is 30.9 Å². The number of pyridine rings is 1. The smallest absolute Gasteiger partial charge is 0.269 e. The number of carbonyl (C=O) groups is 1. The summed E-state index contributed by atoms with van der Waals surface area (Å²) in [7, 11) is 1.82. The first-order chi connectivity index (χ1) is 8.79. The van der Waals surface area contributed by atoms with Gasteiger partial charge in [0.2, 0.25) is 0 Å². The first-order valence-electron chi connectivity index (χ1n) is 6.29. The van der Waals surface area contributed by atoms with Gasteiger partial charge in [0, 0.05) is 32.1 Å².